The van der Waals surface area contributed by atoms with Crippen molar-refractivity contribution in [2.75, 3.05) is 12.3 Å². The summed E-state index contributed by atoms with van der Waals surface area (Å²) >= 11 is 3.26. The summed E-state index contributed by atoms with van der Waals surface area (Å²) in [6, 6.07) is 15.5. The fourth-order valence-corrected chi connectivity index (χ4v) is 5.66. The van der Waals surface area contributed by atoms with E-state index in [1.165, 1.54) is 10.5 Å². The van der Waals surface area contributed by atoms with Crippen LogP contribution in [0.25, 0.3) is 21.3 Å². The van der Waals surface area contributed by atoms with Crippen molar-refractivity contribution in [3.05, 3.63) is 76.9 Å². The molecule has 0 N–H and O–H groups in total. The van der Waals surface area contributed by atoms with Gasteiger partial charge in [-0.05, 0) is 31.0 Å². The number of hydrogen-bond acceptors (Lipinski definition) is 6. The number of benzene rings is 2. The smallest absolute Gasteiger partial charge is 0.261 e. The summed E-state index contributed by atoms with van der Waals surface area (Å²) in [6.45, 7) is 2.48. The molecule has 154 valence electrons. The van der Waals surface area contributed by atoms with Crippen LogP contribution in [-0.4, -0.2) is 39.0 Å². The second-order valence-electron chi connectivity index (χ2n) is 7.38. The lowest BCUT2D eigenvalue weighted by molar-refractivity contribution is 0.0655. The van der Waals surface area contributed by atoms with Gasteiger partial charge in [0.05, 0.1) is 16.5 Å². The van der Waals surface area contributed by atoms with Gasteiger partial charge < -0.3 is 0 Å². The van der Waals surface area contributed by atoms with E-state index in [1.807, 2.05) is 0 Å². The molecule has 0 unspecified atom stereocenters. The molecule has 0 saturated carbocycles. The third kappa shape index (κ3) is 3.64. The van der Waals surface area contributed by atoms with E-state index in [9.17, 15) is 9.59 Å². The standard InChI is InChI=1S/C24H19N3O2S2/c1-15-7-9-16(10-8-15)19-13-31-22-20(19)21(25-14-26-22)30-12-4-11-27-23(28)17-5-2-3-6-18(17)24(27)29/h2-3,5-10,13-14H,4,11-12H2,1H3. The molecule has 0 spiro atoms. The van der Waals surface area contributed by atoms with E-state index in [0.29, 0.717) is 24.1 Å². The van der Waals surface area contributed by atoms with E-state index in [-0.39, 0.29) is 11.8 Å². The van der Waals surface area contributed by atoms with E-state index in [2.05, 4.69) is 46.5 Å². The fraction of sp³-hybridized carbons (Fsp3) is 0.167. The van der Waals surface area contributed by atoms with E-state index in [1.54, 1.807) is 53.7 Å². The first-order valence-electron chi connectivity index (χ1n) is 10.0. The molecule has 0 radical (unpaired) electrons. The Bertz CT molecular complexity index is 1260. The van der Waals surface area contributed by atoms with Gasteiger partial charge in [-0.15, -0.1) is 23.1 Å². The van der Waals surface area contributed by atoms with Gasteiger partial charge in [-0.25, -0.2) is 9.97 Å². The van der Waals surface area contributed by atoms with Crippen LogP contribution in [-0.2, 0) is 0 Å². The maximum absolute atomic E-state index is 12.5. The number of hydrogen-bond donors (Lipinski definition) is 0. The lowest BCUT2D eigenvalue weighted by Gasteiger charge is -2.13. The second kappa shape index (κ2) is 8.24. The van der Waals surface area contributed by atoms with E-state index in [4.69, 9.17) is 0 Å². The number of nitrogens with zero attached hydrogens (tertiary/aromatic N) is 3. The third-order valence-electron chi connectivity index (χ3n) is 5.34. The maximum atomic E-state index is 12.5. The Labute approximate surface area is 188 Å². The van der Waals surface area contributed by atoms with E-state index < -0.39 is 0 Å². The first-order chi connectivity index (χ1) is 15.1. The zero-order valence-electron chi connectivity index (χ0n) is 16.9. The summed E-state index contributed by atoms with van der Waals surface area (Å²) < 4.78 is 0. The zero-order valence-corrected chi connectivity index (χ0v) is 18.5. The summed E-state index contributed by atoms with van der Waals surface area (Å²) in [7, 11) is 0. The number of thiophene rings is 1. The molecule has 31 heavy (non-hydrogen) atoms. The normalized spacial score (nSPS) is 13.3. The number of aromatic nitrogens is 2. The van der Waals surface area contributed by atoms with Crippen LogP contribution >= 0.6 is 23.1 Å². The summed E-state index contributed by atoms with van der Waals surface area (Å²) in [5.74, 6) is 0.354. The molecule has 0 atom stereocenters. The predicted octanol–water partition coefficient (Wildman–Crippen LogP) is 5.45. The van der Waals surface area contributed by atoms with Crippen molar-refractivity contribution < 1.29 is 9.59 Å². The van der Waals surface area contributed by atoms with Crippen LogP contribution in [0.5, 0.6) is 0 Å². The summed E-state index contributed by atoms with van der Waals surface area (Å²) in [6.07, 6.45) is 2.30. The van der Waals surface area contributed by atoms with Crippen molar-refractivity contribution in [3.63, 3.8) is 0 Å². The average molecular weight is 446 g/mol. The fourth-order valence-electron chi connectivity index (χ4n) is 3.74. The molecule has 2 amide bonds. The molecule has 2 aromatic heterocycles. The molecule has 1 aliphatic rings. The highest BCUT2D eigenvalue weighted by Gasteiger charge is 2.34. The number of thioether (sulfide) groups is 1. The molecule has 0 aliphatic carbocycles. The first-order valence-corrected chi connectivity index (χ1v) is 11.9. The number of carbonyl (C=O) groups excluding carboxylic acids is 2. The van der Waals surface area contributed by atoms with Crippen LogP contribution in [0.3, 0.4) is 0 Å². The number of rotatable bonds is 6. The van der Waals surface area contributed by atoms with Crippen LogP contribution in [0.1, 0.15) is 32.7 Å². The van der Waals surface area contributed by atoms with E-state index in [0.717, 1.165) is 32.1 Å². The minimum absolute atomic E-state index is 0.200. The van der Waals surface area contributed by atoms with Crippen molar-refractivity contribution in [1.29, 1.82) is 0 Å². The molecule has 1 aliphatic heterocycles. The molecule has 5 nitrogen and oxygen atoms in total. The van der Waals surface area contributed by atoms with Gasteiger partial charge in [0.1, 0.15) is 16.2 Å². The van der Waals surface area contributed by atoms with Crippen LogP contribution in [0.15, 0.2) is 65.3 Å². The zero-order chi connectivity index (χ0) is 21.4. The highest BCUT2D eigenvalue weighted by atomic mass is 32.2. The first kappa shape index (κ1) is 19.9. The van der Waals surface area contributed by atoms with Crippen LogP contribution in [0.4, 0.5) is 0 Å². The van der Waals surface area contributed by atoms with Crippen molar-refractivity contribution in [3.8, 4) is 11.1 Å². The van der Waals surface area contributed by atoms with Gasteiger partial charge in [0, 0.05) is 23.2 Å². The Morgan fingerprint density at radius 2 is 1.65 bits per heavy atom. The van der Waals surface area contributed by atoms with Crippen molar-refractivity contribution in [1.82, 2.24) is 14.9 Å². The van der Waals surface area contributed by atoms with Gasteiger partial charge in [-0.1, -0.05) is 42.0 Å². The number of carbonyl (C=O) groups is 2. The molecule has 0 bridgehead atoms. The second-order valence-corrected chi connectivity index (χ2v) is 9.33. The molecule has 7 heteroatoms. The largest absolute Gasteiger partial charge is 0.274 e. The minimum Gasteiger partial charge on any atom is -0.274 e. The summed E-state index contributed by atoms with van der Waals surface area (Å²) in [5.41, 5.74) is 4.52. The van der Waals surface area contributed by atoms with Gasteiger partial charge in [0.25, 0.3) is 11.8 Å². The molecule has 0 saturated heterocycles. The molecule has 3 heterocycles. The van der Waals surface area contributed by atoms with Gasteiger partial charge in [-0.3, -0.25) is 14.5 Å². The highest BCUT2D eigenvalue weighted by molar-refractivity contribution is 7.99. The number of imide groups is 1. The Balaban J connectivity index is 1.30. The van der Waals surface area contributed by atoms with Crippen molar-refractivity contribution in [2.24, 2.45) is 0 Å². The SMILES string of the molecule is Cc1ccc(-c2csc3ncnc(SCCCN4C(=O)c5ccccc5C4=O)c23)cc1. The molecule has 0 fully saturated rings. The molecule has 4 aromatic rings. The Morgan fingerprint density at radius 1 is 0.935 bits per heavy atom. The average Bonchev–Trinajstić information content (AvgIpc) is 3.33. The van der Waals surface area contributed by atoms with E-state index >= 15 is 0 Å². The summed E-state index contributed by atoms with van der Waals surface area (Å²) in [4.78, 5) is 36.3. The number of aryl methyl sites for hydroxylation is 1. The number of amides is 2. The quantitative estimate of drug-likeness (QED) is 0.171. The Morgan fingerprint density at radius 3 is 2.35 bits per heavy atom. The summed E-state index contributed by atoms with van der Waals surface area (Å²) in [5, 5.41) is 4.14. The molecular formula is C24H19N3O2S2. The van der Waals surface area contributed by atoms with Crippen molar-refractivity contribution >= 4 is 45.1 Å². The van der Waals surface area contributed by atoms with Gasteiger partial charge >= 0.3 is 0 Å². The van der Waals surface area contributed by atoms with Gasteiger partial charge in [-0.2, -0.15) is 0 Å². The minimum atomic E-state index is -0.200. The topological polar surface area (TPSA) is 63.2 Å². The lowest BCUT2D eigenvalue weighted by Crippen LogP contribution is -2.31. The highest BCUT2D eigenvalue weighted by Crippen LogP contribution is 2.38. The lowest BCUT2D eigenvalue weighted by atomic mass is 10.1. The maximum Gasteiger partial charge on any atom is 0.261 e. The van der Waals surface area contributed by atoms with Crippen LogP contribution in [0, 0.1) is 6.92 Å². The Hall–Kier alpha value is -3.03. The predicted molar refractivity (Wildman–Crippen MR) is 125 cm³/mol. The third-order valence-corrected chi connectivity index (χ3v) is 7.30. The van der Waals surface area contributed by atoms with Crippen molar-refractivity contribution in [2.45, 2.75) is 18.4 Å². The van der Waals surface area contributed by atoms with Crippen LogP contribution < -0.4 is 0 Å². The molecular weight excluding hydrogens is 426 g/mol. The molecule has 5 rings (SSSR count). The Kier molecular flexibility index (Phi) is 5.29. The number of fused-ring (bicyclic) bond motifs is 2. The van der Waals surface area contributed by atoms with Gasteiger partial charge in [0.15, 0.2) is 0 Å². The molecule has 2 aromatic carbocycles. The monoisotopic (exact) mass is 445 g/mol. The van der Waals surface area contributed by atoms with Crippen LogP contribution in [0.2, 0.25) is 0 Å². The van der Waals surface area contributed by atoms with Gasteiger partial charge in [0.2, 0.25) is 0 Å².